The third-order valence-electron chi connectivity index (χ3n) is 4.15. The molecule has 1 aromatic heterocycles. The Hall–Kier alpha value is -3.35. The van der Waals surface area contributed by atoms with Gasteiger partial charge in [-0.1, -0.05) is 6.07 Å². The van der Waals surface area contributed by atoms with E-state index < -0.39 is 5.97 Å². The number of rotatable bonds is 2. The number of carbonyl (C=O) groups is 1. The van der Waals surface area contributed by atoms with Crippen molar-refractivity contribution in [3.8, 4) is 16.9 Å². The van der Waals surface area contributed by atoms with Gasteiger partial charge >= 0.3 is 5.97 Å². The van der Waals surface area contributed by atoms with Gasteiger partial charge in [0.2, 0.25) is 0 Å². The number of aromatic nitrogens is 4. The van der Waals surface area contributed by atoms with Crippen molar-refractivity contribution in [2.24, 2.45) is 7.05 Å². The number of ether oxygens (including phenoxy) is 1. The second-order valence-electron chi connectivity index (χ2n) is 5.52. The maximum absolute atomic E-state index is 12.1. The molecule has 0 fully saturated rings. The molecule has 0 bridgehead atoms. The highest BCUT2D eigenvalue weighted by Crippen LogP contribution is 2.27. The normalized spacial score (nSPS) is 11.2. The number of carbonyl (C=O) groups excluding carboxylic acids is 1. The monoisotopic (exact) mass is 322 g/mol. The molecular weight excluding hydrogens is 308 g/mol. The van der Waals surface area contributed by atoms with Crippen molar-refractivity contribution in [3.63, 3.8) is 0 Å². The van der Waals surface area contributed by atoms with E-state index in [-0.39, 0.29) is 11.1 Å². The largest absolute Gasteiger partial charge is 0.465 e. The summed E-state index contributed by atoms with van der Waals surface area (Å²) in [4.78, 5) is 24.1. The highest BCUT2D eigenvalue weighted by molar-refractivity contribution is 5.96. The first-order valence-corrected chi connectivity index (χ1v) is 7.33. The van der Waals surface area contributed by atoms with Crippen LogP contribution in [-0.4, -0.2) is 32.4 Å². The van der Waals surface area contributed by atoms with Gasteiger partial charge in [0.25, 0.3) is 5.56 Å². The van der Waals surface area contributed by atoms with Crippen LogP contribution in [0.2, 0.25) is 0 Å². The van der Waals surface area contributed by atoms with E-state index >= 15 is 0 Å². The number of methoxy groups -OCH3 is 1. The molecule has 7 heteroatoms. The zero-order chi connectivity index (χ0) is 16.8. The van der Waals surface area contributed by atoms with E-state index in [1.807, 2.05) is 42.1 Å². The summed E-state index contributed by atoms with van der Waals surface area (Å²) in [7, 11) is 3.26. The maximum Gasteiger partial charge on any atom is 0.341 e. The van der Waals surface area contributed by atoms with Gasteiger partial charge in [0.1, 0.15) is 11.3 Å². The Balaban J connectivity index is 2.06. The van der Waals surface area contributed by atoms with Crippen LogP contribution in [-0.2, 0) is 11.8 Å². The topological polar surface area (TPSA) is 81.9 Å². The van der Waals surface area contributed by atoms with Crippen molar-refractivity contribution in [1.82, 2.24) is 19.3 Å². The van der Waals surface area contributed by atoms with Gasteiger partial charge in [-0.15, -0.1) is 0 Å². The number of aromatic amines is 1. The fraction of sp³-hybridized carbons (Fsp3) is 0.118. The number of hydrogen-bond donors (Lipinski definition) is 1. The van der Waals surface area contributed by atoms with E-state index in [0.29, 0.717) is 11.3 Å². The molecule has 0 saturated carbocycles. The molecule has 2 aliphatic heterocycles. The summed E-state index contributed by atoms with van der Waals surface area (Å²) in [5, 5.41) is 7.33. The summed E-state index contributed by atoms with van der Waals surface area (Å²) in [5.41, 5.74) is 2.45. The lowest BCUT2D eigenvalue weighted by Crippen LogP contribution is -2.11. The number of pyridine rings is 1. The molecule has 7 nitrogen and oxygen atoms in total. The molecule has 0 unspecified atom stereocenters. The molecule has 0 atom stereocenters. The average Bonchev–Trinajstić information content (AvgIpc) is 3.17. The van der Waals surface area contributed by atoms with Crippen LogP contribution in [0.4, 0.5) is 0 Å². The van der Waals surface area contributed by atoms with Crippen LogP contribution in [0.3, 0.4) is 0 Å². The molecule has 2 aliphatic rings. The molecule has 0 spiro atoms. The first-order chi connectivity index (χ1) is 11.6. The SMILES string of the molecule is COC(=O)c1cn(-c2cccc3c2ccn3C)cc2c(=O)[nH]nc1-2. The lowest BCUT2D eigenvalue weighted by atomic mass is 10.1. The fourth-order valence-electron chi connectivity index (χ4n) is 2.95. The van der Waals surface area contributed by atoms with Gasteiger partial charge in [-0.25, -0.2) is 9.89 Å². The second-order valence-corrected chi connectivity index (χ2v) is 5.52. The summed E-state index contributed by atoms with van der Waals surface area (Å²) in [6.07, 6.45) is 5.27. The van der Waals surface area contributed by atoms with Gasteiger partial charge in [0.15, 0.2) is 0 Å². The Labute approximate surface area is 136 Å². The molecule has 4 rings (SSSR count). The Bertz CT molecular complexity index is 1100. The van der Waals surface area contributed by atoms with E-state index in [9.17, 15) is 9.59 Å². The molecule has 24 heavy (non-hydrogen) atoms. The molecule has 0 saturated heterocycles. The zero-order valence-corrected chi connectivity index (χ0v) is 13.1. The minimum Gasteiger partial charge on any atom is -0.465 e. The summed E-state index contributed by atoms with van der Waals surface area (Å²) >= 11 is 0. The maximum atomic E-state index is 12.1. The Morgan fingerprint density at radius 1 is 1.25 bits per heavy atom. The van der Waals surface area contributed by atoms with Gasteiger partial charge in [-0.2, -0.15) is 5.10 Å². The lowest BCUT2D eigenvalue weighted by molar-refractivity contribution is 0.0600. The molecule has 1 N–H and O–H groups in total. The number of esters is 1. The van der Waals surface area contributed by atoms with Crippen molar-refractivity contribution < 1.29 is 9.53 Å². The molecule has 0 radical (unpaired) electrons. The van der Waals surface area contributed by atoms with Gasteiger partial charge in [-0.3, -0.25) is 4.79 Å². The molecular formula is C17H14N4O3. The summed E-state index contributed by atoms with van der Waals surface area (Å²) in [5.74, 6) is -0.541. The number of nitrogens with zero attached hydrogens (tertiary/aromatic N) is 3. The van der Waals surface area contributed by atoms with E-state index in [1.165, 1.54) is 7.11 Å². The predicted octanol–water partition coefficient (Wildman–Crippen LogP) is 1.94. The van der Waals surface area contributed by atoms with Gasteiger partial charge in [0.05, 0.1) is 18.4 Å². The molecule has 120 valence electrons. The Morgan fingerprint density at radius 3 is 2.88 bits per heavy atom. The average molecular weight is 322 g/mol. The highest BCUT2D eigenvalue weighted by Gasteiger charge is 2.22. The molecule has 3 heterocycles. The number of nitrogens with one attached hydrogen (secondary N) is 1. The highest BCUT2D eigenvalue weighted by atomic mass is 16.5. The van der Waals surface area contributed by atoms with Crippen molar-refractivity contribution >= 4 is 16.9 Å². The minimum absolute atomic E-state index is 0.237. The molecule has 2 aromatic rings. The van der Waals surface area contributed by atoms with Crippen molar-refractivity contribution in [2.45, 2.75) is 0 Å². The number of fused-ring (bicyclic) bond motifs is 2. The van der Waals surface area contributed by atoms with Crippen LogP contribution in [0.25, 0.3) is 27.8 Å². The number of H-pyrrole nitrogens is 1. The predicted molar refractivity (Wildman–Crippen MR) is 88.6 cm³/mol. The third kappa shape index (κ3) is 1.95. The van der Waals surface area contributed by atoms with E-state index in [4.69, 9.17) is 4.74 Å². The first kappa shape index (κ1) is 14.3. The van der Waals surface area contributed by atoms with Crippen LogP contribution in [0, 0.1) is 0 Å². The lowest BCUT2D eigenvalue weighted by Gasteiger charge is -2.13. The van der Waals surface area contributed by atoms with Crippen molar-refractivity contribution in [2.75, 3.05) is 7.11 Å². The van der Waals surface area contributed by atoms with E-state index in [2.05, 4.69) is 10.2 Å². The smallest absolute Gasteiger partial charge is 0.341 e. The fourth-order valence-corrected chi connectivity index (χ4v) is 2.95. The van der Waals surface area contributed by atoms with E-state index in [1.54, 1.807) is 17.0 Å². The van der Waals surface area contributed by atoms with Crippen LogP contribution >= 0.6 is 0 Å². The zero-order valence-electron chi connectivity index (χ0n) is 13.1. The van der Waals surface area contributed by atoms with Gasteiger partial charge < -0.3 is 13.9 Å². The van der Waals surface area contributed by atoms with Crippen LogP contribution in [0.5, 0.6) is 0 Å². The van der Waals surface area contributed by atoms with E-state index in [0.717, 1.165) is 16.6 Å². The standard InChI is InChI=1S/C17H14N4O3/c1-20-7-6-10-13(20)4-3-5-14(10)21-8-11-15(18-19-16(11)22)12(9-21)17(23)24-2/h3-9H,1-2H3,(H,19,22). The Kier molecular flexibility index (Phi) is 3.02. The summed E-state index contributed by atoms with van der Waals surface area (Å²) in [6.45, 7) is 0. The van der Waals surface area contributed by atoms with Crippen LogP contribution < -0.4 is 5.56 Å². The van der Waals surface area contributed by atoms with Gasteiger partial charge in [-0.05, 0) is 18.2 Å². The van der Waals surface area contributed by atoms with Crippen LogP contribution in [0.1, 0.15) is 10.4 Å². The molecule has 0 aliphatic carbocycles. The van der Waals surface area contributed by atoms with Crippen LogP contribution in [0.15, 0.2) is 47.7 Å². The third-order valence-corrected chi connectivity index (χ3v) is 4.15. The number of aryl methyl sites for hydroxylation is 1. The molecule has 0 amide bonds. The quantitative estimate of drug-likeness (QED) is 0.572. The van der Waals surface area contributed by atoms with Crippen molar-refractivity contribution in [3.05, 3.63) is 58.8 Å². The Morgan fingerprint density at radius 2 is 2.08 bits per heavy atom. The summed E-state index contributed by atoms with van der Waals surface area (Å²) in [6, 6.07) is 7.86. The second kappa shape index (κ2) is 5.09. The van der Waals surface area contributed by atoms with Crippen molar-refractivity contribution in [1.29, 1.82) is 0 Å². The minimum atomic E-state index is -0.541. The summed E-state index contributed by atoms with van der Waals surface area (Å²) < 4.78 is 8.59. The number of hydrogen-bond acceptors (Lipinski definition) is 4. The molecule has 1 aromatic carbocycles. The first-order valence-electron chi connectivity index (χ1n) is 7.33. The number of benzene rings is 1. The van der Waals surface area contributed by atoms with Gasteiger partial charge in [0, 0.05) is 36.5 Å².